The Balaban J connectivity index is 2.14. The van der Waals surface area contributed by atoms with Gasteiger partial charge in [-0.3, -0.25) is 4.79 Å². The zero-order valence-corrected chi connectivity index (χ0v) is 9.43. The van der Waals surface area contributed by atoms with Crippen LogP contribution in [0.5, 0.6) is 0 Å². The highest BCUT2D eigenvalue weighted by Gasteiger charge is 2.18. The maximum Gasteiger partial charge on any atom is 0.347 e. The lowest BCUT2D eigenvalue weighted by molar-refractivity contribution is 0.346. The summed E-state index contributed by atoms with van der Waals surface area (Å²) in [7, 11) is 0. The van der Waals surface area contributed by atoms with Gasteiger partial charge in [0.25, 0.3) is 5.56 Å². The molecule has 3 rings (SSSR count). The second kappa shape index (κ2) is 3.87. The van der Waals surface area contributed by atoms with Crippen LogP contribution in [0.15, 0.2) is 22.0 Å². The van der Waals surface area contributed by atoms with Crippen LogP contribution >= 0.6 is 0 Å². The zero-order valence-electron chi connectivity index (χ0n) is 9.43. The molecule has 0 amide bonds. The van der Waals surface area contributed by atoms with E-state index in [1.54, 1.807) is 17.0 Å². The largest absolute Gasteiger partial charge is 0.347 e. The van der Waals surface area contributed by atoms with Gasteiger partial charge < -0.3 is 4.57 Å². The van der Waals surface area contributed by atoms with Gasteiger partial charge in [-0.25, -0.2) is 14.3 Å². The van der Waals surface area contributed by atoms with E-state index in [4.69, 9.17) is 0 Å². The van der Waals surface area contributed by atoms with Crippen molar-refractivity contribution in [1.82, 2.24) is 19.2 Å². The van der Waals surface area contributed by atoms with Crippen LogP contribution < -0.4 is 11.2 Å². The molecule has 17 heavy (non-hydrogen) atoms. The maximum atomic E-state index is 12.2. The minimum Gasteiger partial charge on any atom is -0.308 e. The molecule has 1 aliphatic rings. The van der Waals surface area contributed by atoms with Gasteiger partial charge in [0.15, 0.2) is 0 Å². The van der Waals surface area contributed by atoms with Crippen LogP contribution in [0.25, 0.3) is 5.65 Å². The van der Waals surface area contributed by atoms with Crippen molar-refractivity contribution in [2.45, 2.75) is 38.1 Å². The monoisotopic (exact) mass is 234 g/mol. The lowest BCUT2D eigenvalue weighted by atomic mass is 9.95. The Morgan fingerprint density at radius 2 is 1.94 bits per heavy atom. The van der Waals surface area contributed by atoms with E-state index in [0.717, 1.165) is 25.7 Å². The standard InChI is InChI=1S/C11H14N4O2/c16-10-9-12-13-11(17)15(9)7-6-14(10)8-4-2-1-3-5-8/h6-8H,1-5H2,(H,13,17). The highest BCUT2D eigenvalue weighted by molar-refractivity contribution is 5.32. The third kappa shape index (κ3) is 1.60. The Labute approximate surface area is 96.9 Å². The Kier molecular flexibility index (Phi) is 2.35. The van der Waals surface area contributed by atoms with Crippen LogP contribution in [0.4, 0.5) is 0 Å². The predicted molar refractivity (Wildman–Crippen MR) is 62.2 cm³/mol. The highest BCUT2D eigenvalue weighted by atomic mass is 16.2. The molecular formula is C11H14N4O2. The van der Waals surface area contributed by atoms with Crippen LogP contribution in [0.2, 0.25) is 0 Å². The molecule has 0 bridgehead atoms. The third-order valence-corrected chi connectivity index (χ3v) is 3.47. The van der Waals surface area contributed by atoms with E-state index in [1.165, 1.54) is 10.8 Å². The molecule has 6 heteroatoms. The molecule has 1 N–H and O–H groups in total. The highest BCUT2D eigenvalue weighted by Crippen LogP contribution is 2.26. The Bertz CT molecular complexity index is 645. The zero-order chi connectivity index (χ0) is 11.8. The van der Waals surface area contributed by atoms with Crippen molar-refractivity contribution in [2.75, 3.05) is 0 Å². The van der Waals surface area contributed by atoms with Gasteiger partial charge in [0, 0.05) is 18.4 Å². The first kappa shape index (κ1) is 10.3. The van der Waals surface area contributed by atoms with Gasteiger partial charge in [0.05, 0.1) is 0 Å². The molecule has 2 aromatic rings. The summed E-state index contributed by atoms with van der Waals surface area (Å²) in [5, 5.41) is 6.06. The van der Waals surface area contributed by atoms with E-state index in [-0.39, 0.29) is 22.9 Å². The molecule has 0 aliphatic heterocycles. The fraction of sp³-hybridized carbons (Fsp3) is 0.545. The summed E-state index contributed by atoms with van der Waals surface area (Å²) >= 11 is 0. The average Bonchev–Trinajstić information content (AvgIpc) is 2.74. The molecule has 0 radical (unpaired) electrons. The Hall–Kier alpha value is -1.85. The van der Waals surface area contributed by atoms with Gasteiger partial charge in [-0.15, -0.1) is 5.10 Å². The third-order valence-electron chi connectivity index (χ3n) is 3.47. The molecule has 2 aromatic heterocycles. The Morgan fingerprint density at radius 1 is 1.18 bits per heavy atom. The van der Waals surface area contributed by atoms with Crippen molar-refractivity contribution in [3.8, 4) is 0 Å². The summed E-state index contributed by atoms with van der Waals surface area (Å²) in [6.45, 7) is 0. The van der Waals surface area contributed by atoms with E-state index in [2.05, 4.69) is 10.2 Å². The van der Waals surface area contributed by atoms with Crippen LogP contribution in [-0.4, -0.2) is 19.2 Å². The fourth-order valence-corrected chi connectivity index (χ4v) is 2.56. The van der Waals surface area contributed by atoms with Crippen molar-refractivity contribution in [2.24, 2.45) is 0 Å². The number of fused-ring (bicyclic) bond motifs is 1. The number of nitrogens with zero attached hydrogens (tertiary/aromatic N) is 3. The number of rotatable bonds is 1. The SMILES string of the molecule is O=c1c2n[nH]c(=O)n2ccn1C1CCCCC1. The fourth-order valence-electron chi connectivity index (χ4n) is 2.56. The molecule has 0 unspecified atom stereocenters. The normalized spacial score (nSPS) is 17.6. The van der Waals surface area contributed by atoms with Gasteiger partial charge in [-0.2, -0.15) is 0 Å². The summed E-state index contributed by atoms with van der Waals surface area (Å²) < 4.78 is 2.97. The van der Waals surface area contributed by atoms with Gasteiger partial charge in [0.1, 0.15) is 0 Å². The first-order valence-electron chi connectivity index (χ1n) is 5.95. The topological polar surface area (TPSA) is 72.2 Å². The van der Waals surface area contributed by atoms with Crippen LogP contribution in [-0.2, 0) is 0 Å². The summed E-state index contributed by atoms with van der Waals surface area (Å²) in [5.41, 5.74) is -0.367. The number of aromatic nitrogens is 4. The number of nitrogens with one attached hydrogen (secondary N) is 1. The van der Waals surface area contributed by atoms with Crippen molar-refractivity contribution < 1.29 is 0 Å². The van der Waals surface area contributed by atoms with Crippen molar-refractivity contribution in [1.29, 1.82) is 0 Å². The summed E-state index contributed by atoms with van der Waals surface area (Å²) in [4.78, 5) is 23.5. The molecule has 2 heterocycles. The van der Waals surface area contributed by atoms with Crippen LogP contribution in [0.1, 0.15) is 38.1 Å². The molecule has 1 aliphatic carbocycles. The molecule has 0 saturated heterocycles. The van der Waals surface area contributed by atoms with Crippen molar-refractivity contribution >= 4 is 5.65 Å². The molecule has 0 aromatic carbocycles. The smallest absolute Gasteiger partial charge is 0.308 e. The summed E-state index contributed by atoms with van der Waals surface area (Å²) in [6.07, 6.45) is 8.94. The summed E-state index contributed by atoms with van der Waals surface area (Å²) in [5.74, 6) is 0. The number of H-pyrrole nitrogens is 1. The predicted octanol–water partition coefficient (Wildman–Crippen LogP) is 0.689. The number of hydrogen-bond acceptors (Lipinski definition) is 3. The van der Waals surface area contributed by atoms with Gasteiger partial charge >= 0.3 is 5.69 Å². The lowest BCUT2D eigenvalue weighted by Crippen LogP contribution is -2.28. The van der Waals surface area contributed by atoms with Crippen molar-refractivity contribution in [3.05, 3.63) is 33.2 Å². The Morgan fingerprint density at radius 3 is 2.71 bits per heavy atom. The van der Waals surface area contributed by atoms with Crippen LogP contribution in [0.3, 0.4) is 0 Å². The second-order valence-corrected chi connectivity index (χ2v) is 4.52. The second-order valence-electron chi connectivity index (χ2n) is 4.52. The molecule has 90 valence electrons. The van der Waals surface area contributed by atoms with E-state index < -0.39 is 0 Å². The molecule has 1 saturated carbocycles. The molecule has 1 fully saturated rings. The number of hydrogen-bond donors (Lipinski definition) is 1. The average molecular weight is 234 g/mol. The van der Waals surface area contributed by atoms with Crippen molar-refractivity contribution in [3.63, 3.8) is 0 Å². The first-order valence-corrected chi connectivity index (χ1v) is 5.95. The first-order chi connectivity index (χ1) is 8.27. The quantitative estimate of drug-likeness (QED) is 0.789. The van der Waals surface area contributed by atoms with E-state index in [0.29, 0.717) is 0 Å². The molecule has 6 nitrogen and oxygen atoms in total. The minimum atomic E-state index is -0.368. The van der Waals surface area contributed by atoms with Gasteiger partial charge in [0.2, 0.25) is 5.65 Å². The maximum absolute atomic E-state index is 12.2. The molecular weight excluding hydrogens is 220 g/mol. The molecule has 0 spiro atoms. The lowest BCUT2D eigenvalue weighted by Gasteiger charge is -2.23. The number of aromatic amines is 1. The van der Waals surface area contributed by atoms with Gasteiger partial charge in [-0.05, 0) is 12.8 Å². The van der Waals surface area contributed by atoms with E-state index >= 15 is 0 Å². The van der Waals surface area contributed by atoms with E-state index in [1.807, 2.05) is 0 Å². The minimum absolute atomic E-state index is 0.183. The summed E-state index contributed by atoms with van der Waals surface area (Å²) in [6, 6.07) is 0.257. The molecule has 0 atom stereocenters. The van der Waals surface area contributed by atoms with Gasteiger partial charge in [-0.1, -0.05) is 19.3 Å². The van der Waals surface area contributed by atoms with E-state index in [9.17, 15) is 9.59 Å². The van der Waals surface area contributed by atoms with Crippen LogP contribution in [0, 0.1) is 0 Å².